The van der Waals surface area contributed by atoms with Crippen molar-refractivity contribution in [2.75, 3.05) is 13.4 Å². The molecule has 0 spiro atoms. The molecule has 26 heavy (non-hydrogen) atoms. The summed E-state index contributed by atoms with van der Waals surface area (Å²) in [6.45, 7) is 4.92. The van der Waals surface area contributed by atoms with E-state index in [1.165, 1.54) is 0 Å². The molecule has 4 heterocycles. The van der Waals surface area contributed by atoms with Crippen molar-refractivity contribution >= 4 is 6.08 Å². The molecule has 6 rings (SSSR count). The van der Waals surface area contributed by atoms with Crippen LogP contribution >= 0.6 is 0 Å². The molecule has 0 bridgehead atoms. The van der Waals surface area contributed by atoms with Gasteiger partial charge >= 0.3 is 0 Å². The molecule has 0 aliphatic carbocycles. The Labute approximate surface area is 151 Å². The van der Waals surface area contributed by atoms with Crippen molar-refractivity contribution in [1.82, 2.24) is 0 Å². The van der Waals surface area contributed by atoms with Crippen LogP contribution in [0.2, 0.25) is 0 Å². The van der Waals surface area contributed by atoms with Crippen LogP contribution < -0.4 is 23.7 Å². The molecule has 4 aliphatic heterocycles. The summed E-state index contributed by atoms with van der Waals surface area (Å²) >= 11 is 0. The molecule has 0 unspecified atom stereocenters. The first-order chi connectivity index (χ1) is 12.6. The Morgan fingerprint density at radius 3 is 2.65 bits per heavy atom. The molecule has 0 N–H and O–H groups in total. The highest BCUT2D eigenvalue weighted by atomic mass is 16.7. The number of hydrogen-bond acceptors (Lipinski definition) is 5. The van der Waals surface area contributed by atoms with Crippen molar-refractivity contribution in [1.29, 1.82) is 0 Å². The molecule has 0 amide bonds. The van der Waals surface area contributed by atoms with Crippen LogP contribution in [0.1, 0.15) is 42.6 Å². The van der Waals surface area contributed by atoms with E-state index in [-0.39, 0.29) is 24.4 Å². The van der Waals surface area contributed by atoms with Crippen LogP contribution in [0.4, 0.5) is 0 Å². The maximum atomic E-state index is 6.31. The summed E-state index contributed by atoms with van der Waals surface area (Å²) in [7, 11) is 0. The van der Waals surface area contributed by atoms with Crippen LogP contribution in [0, 0.1) is 0 Å². The first-order valence-corrected chi connectivity index (χ1v) is 8.87. The molecule has 2 aromatic carbocycles. The molecule has 5 heteroatoms. The van der Waals surface area contributed by atoms with Gasteiger partial charge in [-0.05, 0) is 44.2 Å². The highest BCUT2D eigenvalue weighted by molar-refractivity contribution is 5.70. The van der Waals surface area contributed by atoms with Gasteiger partial charge in [0.2, 0.25) is 6.79 Å². The third-order valence-electron chi connectivity index (χ3n) is 5.45. The molecule has 0 fully saturated rings. The van der Waals surface area contributed by atoms with Gasteiger partial charge < -0.3 is 23.7 Å². The van der Waals surface area contributed by atoms with Gasteiger partial charge in [-0.15, -0.1) is 0 Å². The molecule has 0 saturated carbocycles. The van der Waals surface area contributed by atoms with E-state index >= 15 is 0 Å². The first kappa shape index (κ1) is 14.4. The number of benzene rings is 2. The van der Waals surface area contributed by atoms with Gasteiger partial charge in [-0.1, -0.05) is 0 Å². The molecule has 0 aromatic heterocycles. The number of ether oxygens (including phenoxy) is 5. The second-order valence-electron chi connectivity index (χ2n) is 7.63. The zero-order valence-corrected chi connectivity index (χ0v) is 14.6. The molecule has 2 atom stereocenters. The lowest BCUT2D eigenvalue weighted by Crippen LogP contribution is -2.29. The summed E-state index contributed by atoms with van der Waals surface area (Å²) in [6.07, 6.45) is 4.09. The average Bonchev–Trinajstić information content (AvgIpc) is 3.21. The lowest BCUT2D eigenvalue weighted by atomic mass is 9.87. The Hall–Kier alpha value is -2.82. The van der Waals surface area contributed by atoms with E-state index in [9.17, 15) is 0 Å². The second-order valence-corrected chi connectivity index (χ2v) is 7.63. The average molecular weight is 350 g/mol. The zero-order chi connectivity index (χ0) is 17.5. The van der Waals surface area contributed by atoms with Crippen molar-refractivity contribution in [2.24, 2.45) is 0 Å². The molecule has 0 saturated heterocycles. The Morgan fingerprint density at radius 1 is 0.923 bits per heavy atom. The van der Waals surface area contributed by atoms with Gasteiger partial charge in [0.1, 0.15) is 29.0 Å². The summed E-state index contributed by atoms with van der Waals surface area (Å²) in [6, 6.07) is 8.04. The molecule has 132 valence electrons. The van der Waals surface area contributed by atoms with Crippen molar-refractivity contribution in [3.8, 4) is 28.7 Å². The summed E-state index contributed by atoms with van der Waals surface area (Å²) < 4.78 is 29.6. The minimum Gasteiger partial charge on any atom is -0.492 e. The Kier molecular flexibility index (Phi) is 2.58. The third kappa shape index (κ3) is 1.86. The molecular formula is C21H18O5. The fourth-order valence-electron chi connectivity index (χ4n) is 4.18. The van der Waals surface area contributed by atoms with E-state index in [0.717, 1.165) is 45.4 Å². The van der Waals surface area contributed by atoms with Gasteiger partial charge in [-0.2, -0.15) is 0 Å². The van der Waals surface area contributed by atoms with Crippen molar-refractivity contribution in [3.63, 3.8) is 0 Å². The monoisotopic (exact) mass is 350 g/mol. The smallest absolute Gasteiger partial charge is 0.231 e. The number of rotatable bonds is 0. The normalized spacial score (nSPS) is 25.2. The molecule has 4 aliphatic rings. The van der Waals surface area contributed by atoms with E-state index in [2.05, 4.69) is 18.2 Å². The maximum Gasteiger partial charge on any atom is 0.231 e. The molecule has 0 radical (unpaired) electrons. The standard InChI is InChI=1S/C21H18O5/c1-21(2)6-5-11-15(26-21)4-3-12-19(11)22-9-14-13-7-17-18(24-10-23-17)8-16(13)25-20(12)14/h3-8,14,20H,9-10H2,1-2H3/t14-,20-/m1/s1. The maximum absolute atomic E-state index is 6.31. The molecular weight excluding hydrogens is 332 g/mol. The van der Waals surface area contributed by atoms with Crippen LogP contribution in [0.5, 0.6) is 28.7 Å². The van der Waals surface area contributed by atoms with E-state index in [0.29, 0.717) is 6.61 Å². The molecule has 5 nitrogen and oxygen atoms in total. The fraction of sp³-hybridized carbons (Fsp3) is 0.333. The van der Waals surface area contributed by atoms with Gasteiger partial charge in [-0.25, -0.2) is 0 Å². The third-order valence-corrected chi connectivity index (χ3v) is 5.45. The van der Waals surface area contributed by atoms with Gasteiger partial charge in [-0.3, -0.25) is 0 Å². The van der Waals surface area contributed by atoms with Crippen molar-refractivity contribution in [2.45, 2.75) is 31.5 Å². The van der Waals surface area contributed by atoms with E-state index in [4.69, 9.17) is 23.7 Å². The van der Waals surface area contributed by atoms with E-state index in [1.54, 1.807) is 0 Å². The van der Waals surface area contributed by atoms with Gasteiger partial charge in [0.25, 0.3) is 0 Å². The largest absolute Gasteiger partial charge is 0.492 e. The summed E-state index contributed by atoms with van der Waals surface area (Å²) in [4.78, 5) is 0. The summed E-state index contributed by atoms with van der Waals surface area (Å²) in [5, 5.41) is 0. The van der Waals surface area contributed by atoms with Crippen molar-refractivity contribution in [3.05, 3.63) is 47.0 Å². The van der Waals surface area contributed by atoms with E-state index in [1.807, 2.05) is 32.0 Å². The van der Waals surface area contributed by atoms with Crippen LogP contribution in [0.15, 0.2) is 30.3 Å². The van der Waals surface area contributed by atoms with Crippen LogP contribution in [-0.2, 0) is 0 Å². The van der Waals surface area contributed by atoms with Crippen LogP contribution in [0.3, 0.4) is 0 Å². The lowest BCUT2D eigenvalue weighted by molar-refractivity contribution is 0.133. The highest BCUT2D eigenvalue weighted by Gasteiger charge is 2.43. The highest BCUT2D eigenvalue weighted by Crippen LogP contribution is 2.55. The minimum atomic E-state index is -0.306. The van der Waals surface area contributed by atoms with Gasteiger partial charge in [0, 0.05) is 17.2 Å². The predicted molar refractivity (Wildman–Crippen MR) is 94.4 cm³/mol. The minimum absolute atomic E-state index is 0.0649. The first-order valence-electron chi connectivity index (χ1n) is 8.87. The van der Waals surface area contributed by atoms with Crippen LogP contribution in [-0.4, -0.2) is 19.0 Å². The SMILES string of the molecule is CC1(C)C=Cc2c(ccc3c2OC[C@@H]2c4cc5c(cc4O[C@H]32)OCO5)O1. The van der Waals surface area contributed by atoms with Gasteiger partial charge in [0.15, 0.2) is 11.5 Å². The fourth-order valence-corrected chi connectivity index (χ4v) is 4.18. The second kappa shape index (κ2) is 4.67. The molecule has 2 aromatic rings. The van der Waals surface area contributed by atoms with E-state index < -0.39 is 0 Å². The lowest BCUT2D eigenvalue weighted by Gasteiger charge is -2.33. The Morgan fingerprint density at radius 2 is 1.77 bits per heavy atom. The topological polar surface area (TPSA) is 46.2 Å². The Balaban J connectivity index is 1.44. The number of hydrogen-bond donors (Lipinski definition) is 0. The van der Waals surface area contributed by atoms with Gasteiger partial charge in [0.05, 0.1) is 18.1 Å². The summed E-state index contributed by atoms with van der Waals surface area (Å²) in [5.41, 5.74) is 2.87. The Bertz CT molecular complexity index is 975. The zero-order valence-electron chi connectivity index (χ0n) is 14.6. The predicted octanol–water partition coefficient (Wildman–Crippen LogP) is 4.21. The van der Waals surface area contributed by atoms with Crippen LogP contribution in [0.25, 0.3) is 6.08 Å². The quantitative estimate of drug-likeness (QED) is 0.712. The van der Waals surface area contributed by atoms with Crippen molar-refractivity contribution < 1.29 is 23.7 Å². The summed E-state index contributed by atoms with van der Waals surface area (Å²) in [5.74, 6) is 4.24. The number of fused-ring (bicyclic) bond motifs is 8.